The van der Waals surface area contributed by atoms with E-state index in [1.807, 2.05) is 30.3 Å². The summed E-state index contributed by atoms with van der Waals surface area (Å²) in [5.74, 6) is -1.64. The Hall–Kier alpha value is -3.14. The molecule has 7 nitrogen and oxygen atoms in total. The van der Waals surface area contributed by atoms with Crippen molar-refractivity contribution in [3.8, 4) is 0 Å². The van der Waals surface area contributed by atoms with Gasteiger partial charge in [-0.1, -0.05) is 78.5 Å². The second-order valence-corrected chi connectivity index (χ2v) is 13.0. The zero-order chi connectivity index (χ0) is 29.6. The normalized spacial score (nSPS) is 14.4. The Labute approximate surface area is 250 Å². The predicted molar refractivity (Wildman–Crippen MR) is 160 cm³/mol. The fourth-order valence-corrected chi connectivity index (χ4v) is 6.24. The van der Waals surface area contributed by atoms with Crippen molar-refractivity contribution < 1.29 is 22.4 Å². The van der Waals surface area contributed by atoms with Crippen LogP contribution in [0.5, 0.6) is 0 Å². The van der Waals surface area contributed by atoms with Crippen molar-refractivity contribution in [2.24, 2.45) is 0 Å². The topological polar surface area (TPSA) is 86.8 Å². The Bertz CT molecular complexity index is 1480. The number of halogens is 3. The number of carbonyl (C=O) groups is 2. The molecule has 2 amide bonds. The standard InChI is InChI=1S/C30H32Cl2FN3O4S/c1-41(39,40)36(25-14-15-27(33)26(32)18-25)20-29(37)35(19-22-10-7-11-23(31)16-22)28(17-21-8-3-2-4-9-21)30(38)34-24-12-5-6-13-24/h2-4,7-11,14-16,18,24,28H,5-6,12-13,17,19-20H2,1H3,(H,34,38)/t28-/m1/s1. The van der Waals surface area contributed by atoms with Gasteiger partial charge in [0.15, 0.2) is 0 Å². The molecular formula is C30H32Cl2FN3O4S. The van der Waals surface area contributed by atoms with Gasteiger partial charge in [0.1, 0.15) is 18.4 Å². The number of rotatable bonds is 11. The highest BCUT2D eigenvalue weighted by atomic mass is 35.5. The number of amides is 2. The van der Waals surface area contributed by atoms with E-state index in [4.69, 9.17) is 23.2 Å². The Kier molecular flexibility index (Phi) is 10.3. The van der Waals surface area contributed by atoms with Crippen LogP contribution < -0.4 is 9.62 Å². The van der Waals surface area contributed by atoms with E-state index in [9.17, 15) is 22.4 Å². The first kappa shape index (κ1) is 30.8. The SMILES string of the molecule is CS(=O)(=O)N(CC(=O)N(Cc1cccc(Cl)c1)[C@H](Cc1ccccc1)C(=O)NC1CCCC1)c1ccc(F)c(Cl)c1. The Morgan fingerprint density at radius 1 is 0.976 bits per heavy atom. The van der Waals surface area contributed by atoms with Crippen molar-refractivity contribution in [3.63, 3.8) is 0 Å². The smallest absolute Gasteiger partial charge is 0.244 e. The van der Waals surface area contributed by atoms with Crippen LogP contribution in [0.15, 0.2) is 72.8 Å². The van der Waals surface area contributed by atoms with Gasteiger partial charge in [0.2, 0.25) is 21.8 Å². The van der Waals surface area contributed by atoms with Gasteiger partial charge in [-0.2, -0.15) is 0 Å². The first-order valence-electron chi connectivity index (χ1n) is 13.3. The first-order valence-corrected chi connectivity index (χ1v) is 15.9. The minimum atomic E-state index is -4.00. The van der Waals surface area contributed by atoms with Crippen LogP contribution in [0.3, 0.4) is 0 Å². The molecule has 1 aliphatic carbocycles. The largest absolute Gasteiger partial charge is 0.352 e. The summed E-state index contributed by atoms with van der Waals surface area (Å²) in [6.07, 6.45) is 4.92. The summed E-state index contributed by atoms with van der Waals surface area (Å²) in [5.41, 5.74) is 1.55. The minimum Gasteiger partial charge on any atom is -0.352 e. The van der Waals surface area contributed by atoms with Gasteiger partial charge in [0, 0.05) is 24.0 Å². The van der Waals surface area contributed by atoms with Gasteiger partial charge in [0.25, 0.3) is 0 Å². The number of carbonyl (C=O) groups excluding carboxylic acids is 2. The van der Waals surface area contributed by atoms with Gasteiger partial charge in [-0.05, 0) is 54.3 Å². The molecule has 1 saturated carbocycles. The van der Waals surface area contributed by atoms with E-state index in [1.165, 1.54) is 11.0 Å². The van der Waals surface area contributed by atoms with Crippen LogP contribution in [0.2, 0.25) is 10.0 Å². The van der Waals surface area contributed by atoms with Crippen LogP contribution in [0.4, 0.5) is 10.1 Å². The van der Waals surface area contributed by atoms with Crippen molar-refractivity contribution in [2.75, 3.05) is 17.1 Å². The van der Waals surface area contributed by atoms with E-state index < -0.39 is 34.3 Å². The molecule has 0 aliphatic heterocycles. The fourth-order valence-electron chi connectivity index (χ4n) is 5.01. The molecule has 1 aliphatic rings. The summed E-state index contributed by atoms with van der Waals surface area (Å²) < 4.78 is 40.4. The van der Waals surface area contributed by atoms with Gasteiger partial charge >= 0.3 is 0 Å². The lowest BCUT2D eigenvalue weighted by atomic mass is 10.0. The van der Waals surface area contributed by atoms with Gasteiger partial charge in [-0.15, -0.1) is 0 Å². The average molecular weight is 621 g/mol. The van der Waals surface area contributed by atoms with Crippen LogP contribution in [0, 0.1) is 5.82 Å². The Morgan fingerprint density at radius 2 is 1.66 bits per heavy atom. The van der Waals surface area contributed by atoms with E-state index in [0.717, 1.165) is 53.9 Å². The van der Waals surface area contributed by atoms with Gasteiger partial charge in [-0.25, -0.2) is 12.8 Å². The molecule has 218 valence electrons. The summed E-state index contributed by atoms with van der Waals surface area (Å²) in [5, 5.41) is 3.29. The van der Waals surface area contributed by atoms with Crippen LogP contribution >= 0.6 is 23.2 Å². The van der Waals surface area contributed by atoms with Gasteiger partial charge in [-0.3, -0.25) is 13.9 Å². The van der Waals surface area contributed by atoms with E-state index >= 15 is 0 Å². The second kappa shape index (κ2) is 13.7. The molecule has 0 heterocycles. The second-order valence-electron chi connectivity index (χ2n) is 10.2. The van der Waals surface area contributed by atoms with Crippen LogP contribution in [-0.4, -0.2) is 50.0 Å². The maximum Gasteiger partial charge on any atom is 0.244 e. The molecule has 41 heavy (non-hydrogen) atoms. The molecule has 0 bridgehead atoms. The zero-order valence-electron chi connectivity index (χ0n) is 22.6. The number of hydrogen-bond donors (Lipinski definition) is 1. The molecule has 3 aromatic rings. The fraction of sp³-hybridized carbons (Fsp3) is 0.333. The number of nitrogens with one attached hydrogen (secondary N) is 1. The van der Waals surface area contributed by atoms with Crippen LogP contribution in [-0.2, 0) is 32.6 Å². The maximum atomic E-state index is 14.1. The summed E-state index contributed by atoms with van der Waals surface area (Å²) >= 11 is 12.2. The molecule has 4 rings (SSSR count). The lowest BCUT2D eigenvalue weighted by molar-refractivity contribution is -0.140. The lowest BCUT2D eigenvalue weighted by Gasteiger charge is -2.34. The van der Waals surface area contributed by atoms with E-state index in [-0.39, 0.29) is 35.6 Å². The molecule has 1 atom stereocenters. The third-order valence-electron chi connectivity index (χ3n) is 7.08. The minimum absolute atomic E-state index is 0.0107. The van der Waals surface area contributed by atoms with Crippen molar-refractivity contribution >= 4 is 50.7 Å². The van der Waals surface area contributed by atoms with Crippen molar-refractivity contribution in [1.82, 2.24) is 10.2 Å². The first-order chi connectivity index (χ1) is 19.5. The molecule has 1 N–H and O–H groups in total. The van der Waals surface area contributed by atoms with Crippen molar-refractivity contribution in [1.29, 1.82) is 0 Å². The maximum absolute atomic E-state index is 14.1. The van der Waals surface area contributed by atoms with E-state index in [1.54, 1.807) is 24.3 Å². The lowest BCUT2D eigenvalue weighted by Crippen LogP contribution is -2.54. The summed E-state index contributed by atoms with van der Waals surface area (Å²) in [6.45, 7) is -0.611. The molecule has 0 saturated heterocycles. The number of benzene rings is 3. The summed E-state index contributed by atoms with van der Waals surface area (Å²) in [4.78, 5) is 29.3. The number of nitrogens with zero attached hydrogens (tertiary/aromatic N) is 2. The van der Waals surface area contributed by atoms with Crippen LogP contribution in [0.1, 0.15) is 36.8 Å². The highest BCUT2D eigenvalue weighted by Gasteiger charge is 2.34. The molecule has 0 aromatic heterocycles. The highest BCUT2D eigenvalue weighted by molar-refractivity contribution is 7.92. The van der Waals surface area contributed by atoms with Gasteiger partial charge in [0.05, 0.1) is 17.0 Å². The number of sulfonamides is 1. The molecule has 0 unspecified atom stereocenters. The summed E-state index contributed by atoms with van der Waals surface area (Å²) in [6, 6.07) is 18.8. The molecule has 11 heteroatoms. The zero-order valence-corrected chi connectivity index (χ0v) is 24.9. The molecule has 0 spiro atoms. The van der Waals surface area contributed by atoms with Gasteiger partial charge < -0.3 is 10.2 Å². The monoisotopic (exact) mass is 619 g/mol. The number of hydrogen-bond acceptors (Lipinski definition) is 4. The average Bonchev–Trinajstić information content (AvgIpc) is 3.44. The van der Waals surface area contributed by atoms with E-state index in [0.29, 0.717) is 10.6 Å². The molecule has 0 radical (unpaired) electrons. The van der Waals surface area contributed by atoms with Crippen molar-refractivity contribution in [3.05, 3.63) is 99.8 Å². The molecule has 1 fully saturated rings. The third-order valence-corrected chi connectivity index (χ3v) is 8.75. The molecular weight excluding hydrogens is 588 g/mol. The third kappa shape index (κ3) is 8.44. The molecule has 3 aromatic carbocycles. The number of anilines is 1. The highest BCUT2D eigenvalue weighted by Crippen LogP contribution is 2.26. The van der Waals surface area contributed by atoms with E-state index in [2.05, 4.69) is 5.32 Å². The summed E-state index contributed by atoms with van der Waals surface area (Å²) in [7, 11) is -4.00. The Morgan fingerprint density at radius 3 is 2.29 bits per heavy atom. The predicted octanol–water partition coefficient (Wildman–Crippen LogP) is 5.60. The quantitative estimate of drug-likeness (QED) is 0.303. The Balaban J connectivity index is 1.73. The van der Waals surface area contributed by atoms with Crippen LogP contribution in [0.25, 0.3) is 0 Å². The van der Waals surface area contributed by atoms with Crippen molar-refractivity contribution in [2.45, 2.75) is 50.7 Å².